The molecule has 1 saturated carbocycles. The highest BCUT2D eigenvalue weighted by Crippen LogP contribution is 2.38. The van der Waals surface area contributed by atoms with Crippen LogP contribution in [0, 0.1) is 5.92 Å². The molecule has 0 aromatic heterocycles. The number of benzene rings is 1. The van der Waals surface area contributed by atoms with Gasteiger partial charge >= 0.3 is 6.03 Å². The molecule has 146 valence electrons. The van der Waals surface area contributed by atoms with E-state index in [0.29, 0.717) is 13.2 Å². The van der Waals surface area contributed by atoms with Crippen LogP contribution in [-0.2, 0) is 11.3 Å². The van der Waals surface area contributed by atoms with E-state index in [0.717, 1.165) is 37.0 Å². The first-order valence-corrected chi connectivity index (χ1v) is 9.61. The monoisotopic (exact) mass is 371 g/mol. The highest BCUT2D eigenvalue weighted by Gasteiger charge is 2.54. The Labute approximate surface area is 161 Å². The van der Waals surface area contributed by atoms with E-state index in [1.54, 1.807) is 6.08 Å². The molecule has 1 saturated heterocycles. The number of imide groups is 1. The Morgan fingerprint density at radius 3 is 2.74 bits per heavy atom. The van der Waals surface area contributed by atoms with Crippen molar-refractivity contribution in [3.63, 3.8) is 0 Å². The van der Waals surface area contributed by atoms with E-state index in [4.69, 9.17) is 4.74 Å². The molecule has 1 aromatic rings. The van der Waals surface area contributed by atoms with Gasteiger partial charge in [0, 0.05) is 6.54 Å². The molecule has 0 bridgehead atoms. The van der Waals surface area contributed by atoms with Crippen molar-refractivity contribution in [2.45, 2.75) is 44.7 Å². The molecule has 1 aliphatic carbocycles. The van der Waals surface area contributed by atoms with Gasteiger partial charge in [0.15, 0.2) is 0 Å². The summed E-state index contributed by atoms with van der Waals surface area (Å²) < 4.78 is 5.49. The Balaban J connectivity index is 1.60. The Morgan fingerprint density at radius 2 is 2.07 bits per heavy atom. The topological polar surface area (TPSA) is 61.9 Å². The molecule has 1 aromatic carbocycles. The second-order valence-electron chi connectivity index (χ2n) is 7.68. The van der Waals surface area contributed by atoms with Crippen LogP contribution in [0.25, 0.3) is 0 Å². The highest BCUT2D eigenvalue weighted by atomic mass is 16.5. The van der Waals surface area contributed by atoms with Crippen LogP contribution >= 0.6 is 0 Å². The van der Waals surface area contributed by atoms with Crippen molar-refractivity contribution in [2.24, 2.45) is 5.92 Å². The average molecular weight is 371 g/mol. The van der Waals surface area contributed by atoms with Gasteiger partial charge in [-0.25, -0.2) is 9.69 Å². The van der Waals surface area contributed by atoms with Gasteiger partial charge in [-0.3, -0.25) is 9.69 Å². The van der Waals surface area contributed by atoms with Gasteiger partial charge in [-0.15, -0.1) is 0 Å². The predicted octanol–water partition coefficient (Wildman–Crippen LogP) is 3.14. The number of nitrogens with zero attached hydrogens (tertiary/aromatic N) is 2. The van der Waals surface area contributed by atoms with Crippen LogP contribution in [0.15, 0.2) is 36.9 Å². The van der Waals surface area contributed by atoms with E-state index >= 15 is 0 Å². The fourth-order valence-corrected chi connectivity index (χ4v) is 4.07. The summed E-state index contributed by atoms with van der Waals surface area (Å²) in [5.74, 6) is 0.907. The smallest absolute Gasteiger partial charge is 0.326 e. The quantitative estimate of drug-likeness (QED) is 0.591. The van der Waals surface area contributed by atoms with Gasteiger partial charge in [-0.05, 0) is 43.5 Å². The summed E-state index contributed by atoms with van der Waals surface area (Å²) in [5, 5.41) is 3.00. The van der Waals surface area contributed by atoms with Gasteiger partial charge < -0.3 is 10.1 Å². The molecule has 1 spiro atoms. The summed E-state index contributed by atoms with van der Waals surface area (Å²) in [6, 6.07) is 7.55. The summed E-state index contributed by atoms with van der Waals surface area (Å²) in [6.45, 7) is 7.11. The van der Waals surface area contributed by atoms with Crippen molar-refractivity contribution in [2.75, 3.05) is 20.3 Å². The zero-order valence-corrected chi connectivity index (χ0v) is 16.2. The van der Waals surface area contributed by atoms with Gasteiger partial charge in [0.1, 0.15) is 17.9 Å². The van der Waals surface area contributed by atoms with Gasteiger partial charge in [0.2, 0.25) is 0 Å². The molecule has 1 N–H and O–H groups in total. The minimum Gasteiger partial charge on any atom is -0.490 e. The molecule has 1 aliphatic heterocycles. The molecule has 6 heteroatoms. The number of ether oxygens (including phenoxy) is 1. The molecule has 6 nitrogen and oxygen atoms in total. The molecule has 2 atom stereocenters. The molecular weight excluding hydrogens is 342 g/mol. The Bertz CT molecular complexity index is 703. The highest BCUT2D eigenvalue weighted by molar-refractivity contribution is 6.07. The Morgan fingerprint density at radius 1 is 1.33 bits per heavy atom. The van der Waals surface area contributed by atoms with Crippen LogP contribution in [0.2, 0.25) is 0 Å². The lowest BCUT2D eigenvalue weighted by Gasteiger charge is -2.37. The van der Waals surface area contributed by atoms with Crippen LogP contribution in [-0.4, -0.2) is 47.6 Å². The molecule has 2 aliphatic rings. The largest absolute Gasteiger partial charge is 0.490 e. The van der Waals surface area contributed by atoms with Gasteiger partial charge in [0.25, 0.3) is 5.91 Å². The van der Waals surface area contributed by atoms with Gasteiger partial charge in [0.05, 0.1) is 6.67 Å². The first kappa shape index (κ1) is 19.4. The maximum Gasteiger partial charge on any atom is 0.326 e. The van der Waals surface area contributed by atoms with Crippen molar-refractivity contribution in [3.05, 3.63) is 42.5 Å². The third kappa shape index (κ3) is 4.00. The SMILES string of the molecule is C=CCOc1ccc(CN(C)CN2C(=O)N[C@@]3(CCCC[C@H]3C)C2=O)cc1. The molecule has 0 unspecified atom stereocenters. The van der Waals surface area contributed by atoms with Crippen molar-refractivity contribution >= 4 is 11.9 Å². The zero-order valence-electron chi connectivity index (χ0n) is 16.2. The van der Waals surface area contributed by atoms with Crippen molar-refractivity contribution < 1.29 is 14.3 Å². The summed E-state index contributed by atoms with van der Waals surface area (Å²) >= 11 is 0. The maximum absolute atomic E-state index is 13.0. The van der Waals surface area contributed by atoms with Crippen LogP contribution in [0.4, 0.5) is 4.79 Å². The number of carbonyl (C=O) groups is 2. The normalized spacial score (nSPS) is 25.1. The van der Waals surface area contributed by atoms with Crippen LogP contribution < -0.4 is 10.1 Å². The molecule has 2 fully saturated rings. The predicted molar refractivity (Wildman–Crippen MR) is 104 cm³/mol. The van der Waals surface area contributed by atoms with Crippen molar-refractivity contribution in [3.8, 4) is 5.75 Å². The number of hydrogen-bond acceptors (Lipinski definition) is 4. The molecule has 3 amide bonds. The third-order valence-corrected chi connectivity index (χ3v) is 5.63. The van der Waals surface area contributed by atoms with E-state index in [-0.39, 0.29) is 24.5 Å². The summed E-state index contributed by atoms with van der Waals surface area (Å²) in [7, 11) is 1.91. The Hall–Kier alpha value is -2.34. The minimum absolute atomic E-state index is 0.0697. The van der Waals surface area contributed by atoms with E-state index in [1.807, 2.05) is 36.2 Å². The number of amides is 3. The summed E-state index contributed by atoms with van der Waals surface area (Å²) in [4.78, 5) is 28.8. The second kappa shape index (κ2) is 8.13. The third-order valence-electron chi connectivity index (χ3n) is 5.63. The molecule has 27 heavy (non-hydrogen) atoms. The average Bonchev–Trinajstić information content (AvgIpc) is 2.88. The van der Waals surface area contributed by atoms with Crippen LogP contribution in [0.1, 0.15) is 38.2 Å². The lowest BCUT2D eigenvalue weighted by molar-refractivity contribution is -0.135. The number of hydrogen-bond donors (Lipinski definition) is 1. The lowest BCUT2D eigenvalue weighted by Crippen LogP contribution is -2.54. The van der Waals surface area contributed by atoms with Crippen molar-refractivity contribution in [1.29, 1.82) is 0 Å². The van der Waals surface area contributed by atoms with E-state index in [1.165, 1.54) is 4.90 Å². The fourth-order valence-electron chi connectivity index (χ4n) is 4.07. The maximum atomic E-state index is 13.0. The Kier molecular flexibility index (Phi) is 5.85. The molecule has 0 radical (unpaired) electrons. The second-order valence-corrected chi connectivity index (χ2v) is 7.68. The molecule has 1 heterocycles. The molecular formula is C21H29N3O3. The number of nitrogens with one attached hydrogen (secondary N) is 1. The van der Waals surface area contributed by atoms with Crippen molar-refractivity contribution in [1.82, 2.24) is 15.1 Å². The number of urea groups is 1. The van der Waals surface area contributed by atoms with Gasteiger partial charge in [-0.1, -0.05) is 44.6 Å². The lowest BCUT2D eigenvalue weighted by atomic mass is 9.73. The van der Waals surface area contributed by atoms with Crippen LogP contribution in [0.5, 0.6) is 5.75 Å². The van der Waals surface area contributed by atoms with E-state index in [2.05, 4.69) is 18.8 Å². The van der Waals surface area contributed by atoms with E-state index in [9.17, 15) is 9.59 Å². The zero-order chi connectivity index (χ0) is 19.4. The first-order chi connectivity index (χ1) is 13.0. The van der Waals surface area contributed by atoms with E-state index < -0.39 is 5.54 Å². The number of rotatable bonds is 7. The summed E-state index contributed by atoms with van der Waals surface area (Å²) in [5.41, 5.74) is 0.400. The molecule has 3 rings (SSSR count). The standard InChI is InChI=1S/C21H29N3O3/c1-4-13-27-18-10-8-17(9-11-18)14-23(3)15-24-19(25)21(22-20(24)26)12-6-5-7-16(21)2/h4,8-11,16H,1,5-7,12-15H2,2-3H3,(H,22,26)/t16-,21-/m1/s1. The van der Waals surface area contributed by atoms with Crippen LogP contribution in [0.3, 0.4) is 0 Å². The summed E-state index contributed by atoms with van der Waals surface area (Å²) in [6.07, 6.45) is 5.54. The minimum atomic E-state index is -0.694. The fraction of sp³-hybridized carbons (Fsp3) is 0.524. The van der Waals surface area contributed by atoms with Gasteiger partial charge in [-0.2, -0.15) is 0 Å². The first-order valence-electron chi connectivity index (χ1n) is 9.61. The number of carbonyl (C=O) groups excluding carboxylic acids is 2.